The van der Waals surface area contributed by atoms with E-state index in [0.29, 0.717) is 0 Å². The van der Waals surface area contributed by atoms with Gasteiger partial charge in [-0.15, -0.1) is 0 Å². The van der Waals surface area contributed by atoms with E-state index in [4.69, 9.17) is 10.8 Å². The molecular weight excluding hydrogens is 190 g/mol. The normalized spacial score (nSPS) is 21.8. The third kappa shape index (κ3) is 4.93. The van der Waals surface area contributed by atoms with Crippen LogP contribution in [-0.4, -0.2) is 66.8 Å². The maximum Gasteiger partial charge on any atom is 0.0446 e. The summed E-state index contributed by atoms with van der Waals surface area (Å²) in [4.78, 5) is 4.92. The van der Waals surface area contributed by atoms with Crippen LogP contribution in [0.5, 0.6) is 0 Å². The van der Waals surface area contributed by atoms with Crippen molar-refractivity contribution in [2.24, 2.45) is 5.73 Å². The van der Waals surface area contributed by atoms with E-state index in [0.717, 1.165) is 26.1 Å². The van der Waals surface area contributed by atoms with Crippen LogP contribution in [0, 0.1) is 0 Å². The van der Waals surface area contributed by atoms with Gasteiger partial charge < -0.3 is 15.7 Å². The van der Waals surface area contributed by atoms with Crippen molar-refractivity contribution in [3.05, 3.63) is 0 Å². The van der Waals surface area contributed by atoms with Crippen LogP contribution in [0.3, 0.4) is 0 Å². The first-order chi connectivity index (χ1) is 7.26. The number of hydrogen-bond donors (Lipinski definition) is 2. The van der Waals surface area contributed by atoms with E-state index in [1.54, 1.807) is 0 Å². The standard InChI is InChI=1S/C11H25N3O/c1-2-4-13-5-7-14(8-6-13)10-11(12)3-9-15/h11,15H,2-10,12H2,1H3. The van der Waals surface area contributed by atoms with E-state index in [1.165, 1.54) is 26.1 Å². The van der Waals surface area contributed by atoms with Crippen LogP contribution in [-0.2, 0) is 0 Å². The van der Waals surface area contributed by atoms with Gasteiger partial charge in [-0.05, 0) is 19.4 Å². The summed E-state index contributed by atoms with van der Waals surface area (Å²) < 4.78 is 0. The van der Waals surface area contributed by atoms with E-state index >= 15 is 0 Å². The van der Waals surface area contributed by atoms with Gasteiger partial charge in [-0.3, -0.25) is 4.90 Å². The summed E-state index contributed by atoms with van der Waals surface area (Å²) in [7, 11) is 0. The monoisotopic (exact) mass is 215 g/mol. The first-order valence-electron chi connectivity index (χ1n) is 6.07. The van der Waals surface area contributed by atoms with E-state index in [2.05, 4.69) is 16.7 Å². The second-order valence-electron chi connectivity index (χ2n) is 4.41. The SMILES string of the molecule is CCCN1CCN(CC(N)CCO)CC1. The minimum absolute atomic E-state index is 0.132. The van der Waals surface area contributed by atoms with Gasteiger partial charge in [0.1, 0.15) is 0 Å². The van der Waals surface area contributed by atoms with Crippen molar-refractivity contribution in [3.63, 3.8) is 0 Å². The molecule has 4 heteroatoms. The second kappa shape index (κ2) is 7.17. The van der Waals surface area contributed by atoms with Crippen LogP contribution < -0.4 is 5.73 Å². The third-order valence-corrected chi connectivity index (χ3v) is 3.00. The molecule has 0 bridgehead atoms. The quantitative estimate of drug-likeness (QED) is 0.640. The molecular formula is C11H25N3O. The Balaban J connectivity index is 2.14. The maximum atomic E-state index is 8.77. The first-order valence-corrected chi connectivity index (χ1v) is 6.07. The first kappa shape index (κ1) is 12.9. The zero-order valence-corrected chi connectivity index (χ0v) is 9.86. The molecule has 0 aliphatic carbocycles. The average molecular weight is 215 g/mol. The molecule has 0 saturated carbocycles. The number of aliphatic hydroxyl groups excluding tert-OH is 1. The molecule has 0 aromatic carbocycles. The smallest absolute Gasteiger partial charge is 0.0446 e. The number of nitrogens with zero attached hydrogens (tertiary/aromatic N) is 2. The number of nitrogens with two attached hydrogens (primary N) is 1. The van der Waals surface area contributed by atoms with Gasteiger partial charge in [-0.1, -0.05) is 6.92 Å². The van der Waals surface area contributed by atoms with Gasteiger partial charge >= 0.3 is 0 Å². The molecule has 1 unspecified atom stereocenters. The van der Waals surface area contributed by atoms with Gasteiger partial charge in [0.15, 0.2) is 0 Å². The van der Waals surface area contributed by atoms with Crippen LogP contribution in [0.4, 0.5) is 0 Å². The van der Waals surface area contributed by atoms with Gasteiger partial charge in [0.2, 0.25) is 0 Å². The Morgan fingerprint density at radius 3 is 2.33 bits per heavy atom. The molecule has 15 heavy (non-hydrogen) atoms. The predicted molar refractivity (Wildman–Crippen MR) is 62.8 cm³/mol. The van der Waals surface area contributed by atoms with E-state index in [1.807, 2.05) is 0 Å². The van der Waals surface area contributed by atoms with Crippen molar-refractivity contribution >= 4 is 0 Å². The highest BCUT2D eigenvalue weighted by molar-refractivity contribution is 4.75. The van der Waals surface area contributed by atoms with Gasteiger partial charge in [-0.25, -0.2) is 0 Å². The van der Waals surface area contributed by atoms with Gasteiger partial charge in [0, 0.05) is 45.4 Å². The highest BCUT2D eigenvalue weighted by atomic mass is 16.3. The van der Waals surface area contributed by atoms with Crippen molar-refractivity contribution in [1.82, 2.24) is 9.80 Å². The highest BCUT2D eigenvalue weighted by Gasteiger charge is 2.17. The molecule has 1 fully saturated rings. The minimum atomic E-state index is 0.132. The highest BCUT2D eigenvalue weighted by Crippen LogP contribution is 2.03. The Morgan fingerprint density at radius 1 is 1.20 bits per heavy atom. The lowest BCUT2D eigenvalue weighted by molar-refractivity contribution is 0.123. The Bertz CT molecular complexity index is 158. The average Bonchev–Trinajstić information content (AvgIpc) is 2.22. The maximum absolute atomic E-state index is 8.77. The van der Waals surface area contributed by atoms with E-state index in [-0.39, 0.29) is 12.6 Å². The number of piperazine rings is 1. The Hall–Kier alpha value is -0.160. The molecule has 4 nitrogen and oxygen atoms in total. The van der Waals surface area contributed by atoms with Crippen LogP contribution in [0.15, 0.2) is 0 Å². The summed E-state index contributed by atoms with van der Waals surface area (Å²) >= 11 is 0. The van der Waals surface area contributed by atoms with Crippen molar-refractivity contribution < 1.29 is 5.11 Å². The van der Waals surface area contributed by atoms with Crippen LogP contribution in [0.25, 0.3) is 0 Å². The lowest BCUT2D eigenvalue weighted by atomic mass is 10.2. The van der Waals surface area contributed by atoms with Crippen LogP contribution in [0.1, 0.15) is 19.8 Å². The lowest BCUT2D eigenvalue weighted by Gasteiger charge is -2.35. The minimum Gasteiger partial charge on any atom is -0.396 e. The summed E-state index contributed by atoms with van der Waals surface area (Å²) in [5.41, 5.74) is 5.89. The number of rotatable bonds is 6. The van der Waals surface area contributed by atoms with Crippen LogP contribution in [0.2, 0.25) is 0 Å². The fourth-order valence-corrected chi connectivity index (χ4v) is 2.10. The molecule has 0 aromatic rings. The van der Waals surface area contributed by atoms with Crippen molar-refractivity contribution in [2.75, 3.05) is 45.9 Å². The number of hydrogen-bond acceptors (Lipinski definition) is 4. The molecule has 0 amide bonds. The summed E-state index contributed by atoms with van der Waals surface area (Å²) in [5, 5.41) is 8.77. The molecule has 1 saturated heterocycles. The molecule has 3 N–H and O–H groups in total. The Kier molecular flexibility index (Phi) is 6.17. The summed E-state index contributed by atoms with van der Waals surface area (Å²) in [6.45, 7) is 9.16. The third-order valence-electron chi connectivity index (χ3n) is 3.00. The molecule has 1 aliphatic rings. The molecule has 1 aliphatic heterocycles. The summed E-state index contributed by atoms with van der Waals surface area (Å²) in [5.74, 6) is 0. The predicted octanol–water partition coefficient (Wildman–Crippen LogP) is -0.276. The van der Waals surface area contributed by atoms with Crippen molar-refractivity contribution in [1.29, 1.82) is 0 Å². The van der Waals surface area contributed by atoms with E-state index < -0.39 is 0 Å². The van der Waals surface area contributed by atoms with Gasteiger partial charge in [0.25, 0.3) is 0 Å². The molecule has 1 heterocycles. The molecule has 1 atom stereocenters. The molecule has 0 radical (unpaired) electrons. The molecule has 0 aromatic heterocycles. The van der Waals surface area contributed by atoms with E-state index in [9.17, 15) is 0 Å². The topological polar surface area (TPSA) is 52.7 Å². The van der Waals surface area contributed by atoms with Crippen molar-refractivity contribution in [3.8, 4) is 0 Å². The zero-order valence-electron chi connectivity index (χ0n) is 9.86. The lowest BCUT2D eigenvalue weighted by Crippen LogP contribution is -2.50. The summed E-state index contributed by atoms with van der Waals surface area (Å²) in [6, 6.07) is 0.132. The summed E-state index contributed by atoms with van der Waals surface area (Å²) in [6.07, 6.45) is 1.96. The van der Waals surface area contributed by atoms with Crippen molar-refractivity contribution in [2.45, 2.75) is 25.8 Å². The van der Waals surface area contributed by atoms with Gasteiger partial charge in [-0.2, -0.15) is 0 Å². The fourth-order valence-electron chi connectivity index (χ4n) is 2.10. The second-order valence-corrected chi connectivity index (χ2v) is 4.41. The molecule has 0 spiro atoms. The Morgan fingerprint density at radius 2 is 1.80 bits per heavy atom. The zero-order chi connectivity index (χ0) is 11.1. The van der Waals surface area contributed by atoms with Crippen LogP contribution >= 0.6 is 0 Å². The fraction of sp³-hybridized carbons (Fsp3) is 1.00. The Labute approximate surface area is 93.0 Å². The molecule has 90 valence electrons. The number of aliphatic hydroxyl groups is 1. The largest absolute Gasteiger partial charge is 0.396 e. The van der Waals surface area contributed by atoms with Gasteiger partial charge in [0.05, 0.1) is 0 Å². The molecule has 1 rings (SSSR count).